The first-order chi connectivity index (χ1) is 12.6. The maximum Gasteiger partial charge on any atom is 0.267 e. The highest BCUT2D eigenvalue weighted by molar-refractivity contribution is 6.33. The molecule has 4 rings (SSSR count). The van der Waals surface area contributed by atoms with E-state index < -0.39 is 5.56 Å². The van der Waals surface area contributed by atoms with E-state index in [0.29, 0.717) is 33.5 Å². The van der Waals surface area contributed by atoms with Crippen molar-refractivity contribution in [3.05, 3.63) is 70.2 Å². The van der Waals surface area contributed by atoms with Crippen molar-refractivity contribution >= 4 is 22.6 Å². The smallest absolute Gasteiger partial charge is 0.267 e. The average Bonchev–Trinajstić information content (AvgIpc) is 3.11. The Morgan fingerprint density at radius 3 is 2.65 bits per heavy atom. The largest absolute Gasteiger partial charge is 0.507 e. The summed E-state index contributed by atoms with van der Waals surface area (Å²) in [7, 11) is 1.50. The summed E-state index contributed by atoms with van der Waals surface area (Å²) >= 11 is 6.23. The number of furan rings is 1. The van der Waals surface area contributed by atoms with Crippen LogP contribution in [0.5, 0.6) is 11.5 Å². The molecule has 0 saturated carbocycles. The fourth-order valence-electron chi connectivity index (χ4n) is 3.05. The lowest BCUT2D eigenvalue weighted by atomic mass is 10.0. The van der Waals surface area contributed by atoms with Crippen molar-refractivity contribution in [3.63, 3.8) is 0 Å². The van der Waals surface area contributed by atoms with Crippen LogP contribution in [0.1, 0.15) is 0 Å². The number of phenolic OH excluding ortho intramolecular Hbond substituents is 1. The van der Waals surface area contributed by atoms with Gasteiger partial charge in [-0.15, -0.1) is 0 Å². The molecule has 0 amide bonds. The summed E-state index contributed by atoms with van der Waals surface area (Å²) in [4.78, 5) is 15.1. The van der Waals surface area contributed by atoms with Gasteiger partial charge in [-0.05, 0) is 17.7 Å². The summed E-state index contributed by atoms with van der Waals surface area (Å²) in [6.45, 7) is 0. The zero-order valence-electron chi connectivity index (χ0n) is 13.7. The van der Waals surface area contributed by atoms with Gasteiger partial charge in [0.1, 0.15) is 22.1 Å². The lowest BCUT2D eigenvalue weighted by Crippen LogP contribution is -2.09. The normalized spacial score (nSPS) is 11.0. The third kappa shape index (κ3) is 2.53. The maximum absolute atomic E-state index is 12.4. The first-order valence-corrected chi connectivity index (χ1v) is 8.23. The van der Waals surface area contributed by atoms with Crippen molar-refractivity contribution in [1.29, 1.82) is 0 Å². The molecule has 26 heavy (non-hydrogen) atoms. The van der Waals surface area contributed by atoms with E-state index in [1.165, 1.54) is 19.4 Å². The van der Waals surface area contributed by atoms with Crippen molar-refractivity contribution in [2.75, 3.05) is 7.11 Å². The van der Waals surface area contributed by atoms with Gasteiger partial charge in [0.25, 0.3) is 5.56 Å². The van der Waals surface area contributed by atoms with Gasteiger partial charge in [0.15, 0.2) is 0 Å². The molecule has 2 N–H and O–H groups in total. The van der Waals surface area contributed by atoms with Gasteiger partial charge in [-0.25, -0.2) is 0 Å². The summed E-state index contributed by atoms with van der Waals surface area (Å²) in [5, 5.41) is 11.3. The van der Waals surface area contributed by atoms with Crippen molar-refractivity contribution in [1.82, 2.24) is 4.98 Å². The Bertz CT molecular complexity index is 1160. The summed E-state index contributed by atoms with van der Waals surface area (Å²) in [6, 6.07) is 14.3. The second-order valence-electron chi connectivity index (χ2n) is 5.74. The zero-order chi connectivity index (χ0) is 18.3. The molecular formula is C20H14ClNO4. The highest BCUT2D eigenvalue weighted by Crippen LogP contribution is 2.43. The fraction of sp³-hybridized carbons (Fsp3) is 0.0500. The van der Waals surface area contributed by atoms with Crippen LogP contribution >= 0.6 is 11.6 Å². The number of ether oxygens (including phenoxy) is 1. The molecular weight excluding hydrogens is 354 g/mol. The maximum atomic E-state index is 12.4. The van der Waals surface area contributed by atoms with E-state index in [-0.39, 0.29) is 10.8 Å². The van der Waals surface area contributed by atoms with E-state index in [2.05, 4.69) is 4.98 Å². The van der Waals surface area contributed by atoms with E-state index in [1.54, 1.807) is 12.1 Å². The van der Waals surface area contributed by atoms with Gasteiger partial charge in [0.2, 0.25) is 0 Å². The van der Waals surface area contributed by atoms with E-state index >= 15 is 0 Å². The number of rotatable bonds is 3. The number of nitrogens with one attached hydrogen (secondary N) is 1. The molecule has 0 aliphatic rings. The second-order valence-corrected chi connectivity index (χ2v) is 6.12. The van der Waals surface area contributed by atoms with Crippen LogP contribution in [0.15, 0.2) is 64.0 Å². The molecule has 0 saturated heterocycles. The molecule has 4 aromatic rings. The molecule has 6 heteroatoms. The summed E-state index contributed by atoms with van der Waals surface area (Å²) in [5.41, 5.74) is 2.18. The second kappa shape index (κ2) is 6.28. The van der Waals surface area contributed by atoms with E-state index in [1.807, 2.05) is 30.3 Å². The van der Waals surface area contributed by atoms with E-state index in [4.69, 9.17) is 20.8 Å². The number of aromatic amines is 1. The molecule has 2 aromatic carbocycles. The number of hydrogen-bond acceptors (Lipinski definition) is 4. The summed E-state index contributed by atoms with van der Waals surface area (Å²) in [5.74, 6) is 0.340. The van der Waals surface area contributed by atoms with E-state index in [9.17, 15) is 9.90 Å². The minimum Gasteiger partial charge on any atom is -0.507 e. The molecule has 0 aliphatic heterocycles. The van der Waals surface area contributed by atoms with Crippen LogP contribution in [0, 0.1) is 0 Å². The third-order valence-electron chi connectivity index (χ3n) is 4.22. The molecule has 2 heterocycles. The number of pyridine rings is 1. The predicted octanol–water partition coefficient (Wildman–Crippen LogP) is 4.82. The molecule has 0 unspecified atom stereocenters. The monoisotopic (exact) mass is 367 g/mol. The number of aromatic hydroxyl groups is 1. The average molecular weight is 368 g/mol. The fourth-order valence-corrected chi connectivity index (χ4v) is 3.26. The van der Waals surface area contributed by atoms with Crippen LogP contribution in [0.25, 0.3) is 33.4 Å². The molecule has 0 atom stereocenters. The summed E-state index contributed by atoms with van der Waals surface area (Å²) < 4.78 is 10.8. The number of aromatic nitrogens is 1. The van der Waals surface area contributed by atoms with Gasteiger partial charge in [-0.3, -0.25) is 4.79 Å². The number of phenols is 1. The molecule has 130 valence electrons. The standard InChI is InChI=1S/C20H14ClNO4/c1-25-19-12-7-8-26-16(12)10-15(23)17(19)14-9-13(18(21)20(24)22-14)11-5-3-2-4-6-11/h2-10,23H,1H3,(H,22,24). The Morgan fingerprint density at radius 2 is 1.92 bits per heavy atom. The zero-order valence-corrected chi connectivity index (χ0v) is 14.5. The van der Waals surface area contributed by atoms with Crippen molar-refractivity contribution in [2.45, 2.75) is 0 Å². The first kappa shape index (κ1) is 16.3. The highest BCUT2D eigenvalue weighted by atomic mass is 35.5. The number of halogens is 1. The lowest BCUT2D eigenvalue weighted by Gasteiger charge is -2.13. The Labute approximate surface area is 153 Å². The molecule has 0 radical (unpaired) electrons. The number of H-pyrrole nitrogens is 1. The quantitative estimate of drug-likeness (QED) is 0.544. The molecule has 0 spiro atoms. The SMILES string of the molecule is COc1c(-c2cc(-c3ccccc3)c(Cl)c(=O)[nH]2)c(O)cc2occc12. The van der Waals surface area contributed by atoms with Gasteiger partial charge >= 0.3 is 0 Å². The van der Waals surface area contributed by atoms with Crippen LogP contribution < -0.4 is 10.3 Å². The lowest BCUT2D eigenvalue weighted by molar-refractivity contribution is 0.414. The number of benzene rings is 2. The number of hydrogen-bond donors (Lipinski definition) is 2. The number of fused-ring (bicyclic) bond motifs is 1. The van der Waals surface area contributed by atoms with Gasteiger partial charge in [0.05, 0.1) is 30.0 Å². The minimum absolute atomic E-state index is 0.0683. The number of methoxy groups -OCH3 is 1. The molecule has 5 nitrogen and oxygen atoms in total. The van der Waals surface area contributed by atoms with Gasteiger partial charge in [-0.2, -0.15) is 0 Å². The highest BCUT2D eigenvalue weighted by Gasteiger charge is 2.20. The van der Waals surface area contributed by atoms with Crippen LogP contribution in [-0.2, 0) is 0 Å². The first-order valence-electron chi connectivity index (χ1n) is 7.86. The Morgan fingerprint density at radius 1 is 1.15 bits per heavy atom. The molecule has 0 fully saturated rings. The van der Waals surface area contributed by atoms with Gasteiger partial charge in [-0.1, -0.05) is 41.9 Å². The van der Waals surface area contributed by atoms with Gasteiger partial charge in [0, 0.05) is 11.6 Å². The van der Waals surface area contributed by atoms with Crippen LogP contribution in [-0.4, -0.2) is 17.2 Å². The molecule has 2 aromatic heterocycles. The van der Waals surface area contributed by atoms with Crippen LogP contribution in [0.3, 0.4) is 0 Å². The van der Waals surface area contributed by atoms with E-state index in [0.717, 1.165) is 5.56 Å². The topological polar surface area (TPSA) is 75.5 Å². The Balaban J connectivity index is 2.03. The van der Waals surface area contributed by atoms with Crippen molar-refractivity contribution < 1.29 is 14.3 Å². The van der Waals surface area contributed by atoms with Crippen molar-refractivity contribution in [3.8, 4) is 33.9 Å². The Kier molecular flexibility index (Phi) is 3.93. The Hall–Kier alpha value is -3.18. The van der Waals surface area contributed by atoms with Crippen LogP contribution in [0.2, 0.25) is 5.02 Å². The molecule has 0 bridgehead atoms. The summed E-state index contributed by atoms with van der Waals surface area (Å²) in [6.07, 6.45) is 1.51. The predicted molar refractivity (Wildman–Crippen MR) is 101 cm³/mol. The van der Waals surface area contributed by atoms with Crippen molar-refractivity contribution in [2.24, 2.45) is 0 Å². The van der Waals surface area contributed by atoms with Crippen LogP contribution in [0.4, 0.5) is 0 Å². The minimum atomic E-state index is -0.447. The third-order valence-corrected chi connectivity index (χ3v) is 4.60. The van der Waals surface area contributed by atoms with Gasteiger partial charge < -0.3 is 19.2 Å². The molecule has 0 aliphatic carbocycles.